The smallest absolute Gasteiger partial charge is 0.310 e. The van der Waals surface area contributed by atoms with Gasteiger partial charge < -0.3 is 15.8 Å². The molecule has 1 aromatic rings. The summed E-state index contributed by atoms with van der Waals surface area (Å²) in [6.07, 6.45) is 0.313. The molecule has 124 valence electrons. The average Bonchev–Trinajstić information content (AvgIpc) is 2.44. The van der Waals surface area contributed by atoms with E-state index in [9.17, 15) is 9.59 Å². The number of carbonyl (C=O) groups excluding carboxylic acids is 2. The Kier molecular flexibility index (Phi) is 9.45. The molecule has 0 aliphatic carbocycles. The first-order valence-corrected chi connectivity index (χ1v) is 7.18. The van der Waals surface area contributed by atoms with Gasteiger partial charge >= 0.3 is 5.97 Å². The average molecular weight is 329 g/mol. The SMILES string of the molecule is CC(C)OC(=O)C(C)CNC(=O)[C@@H](N)Cc1ccccc1.Cl. The molecule has 5 nitrogen and oxygen atoms in total. The normalized spacial score (nSPS) is 13.0. The van der Waals surface area contributed by atoms with E-state index in [0.717, 1.165) is 5.56 Å². The minimum atomic E-state index is -0.624. The summed E-state index contributed by atoms with van der Waals surface area (Å²) in [7, 11) is 0. The summed E-state index contributed by atoms with van der Waals surface area (Å²) < 4.78 is 5.08. The summed E-state index contributed by atoms with van der Waals surface area (Å²) in [4.78, 5) is 23.5. The van der Waals surface area contributed by atoms with Crippen molar-refractivity contribution in [2.24, 2.45) is 11.7 Å². The molecular weight excluding hydrogens is 304 g/mol. The van der Waals surface area contributed by atoms with E-state index in [2.05, 4.69) is 5.32 Å². The summed E-state index contributed by atoms with van der Waals surface area (Å²) in [5.74, 6) is -0.967. The fraction of sp³-hybridized carbons (Fsp3) is 0.500. The van der Waals surface area contributed by atoms with Crippen molar-refractivity contribution >= 4 is 24.3 Å². The standard InChI is InChI=1S/C16H24N2O3.ClH/c1-11(2)21-16(20)12(3)10-18-15(19)14(17)9-13-7-5-4-6-8-13;/h4-8,11-12,14H,9-10,17H2,1-3H3,(H,18,19);1H/t12?,14-;/m0./s1. The van der Waals surface area contributed by atoms with Gasteiger partial charge in [-0.2, -0.15) is 0 Å². The largest absolute Gasteiger partial charge is 0.463 e. The molecule has 1 aromatic carbocycles. The molecule has 0 spiro atoms. The van der Waals surface area contributed by atoms with Crippen LogP contribution in [0.5, 0.6) is 0 Å². The third-order valence-corrected chi connectivity index (χ3v) is 2.97. The summed E-state index contributed by atoms with van der Waals surface area (Å²) >= 11 is 0. The van der Waals surface area contributed by atoms with Crippen molar-refractivity contribution < 1.29 is 14.3 Å². The van der Waals surface area contributed by atoms with Crippen LogP contribution in [0.2, 0.25) is 0 Å². The molecule has 0 aliphatic heterocycles. The van der Waals surface area contributed by atoms with Crippen LogP contribution in [0.15, 0.2) is 30.3 Å². The number of carbonyl (C=O) groups is 2. The molecule has 1 rings (SSSR count). The maximum Gasteiger partial charge on any atom is 0.310 e. The van der Waals surface area contributed by atoms with Crippen LogP contribution in [-0.4, -0.2) is 30.6 Å². The molecule has 6 heteroatoms. The molecule has 0 saturated carbocycles. The van der Waals surface area contributed by atoms with Crippen molar-refractivity contribution in [2.75, 3.05) is 6.54 Å². The van der Waals surface area contributed by atoms with Gasteiger partial charge in [-0.15, -0.1) is 12.4 Å². The van der Waals surface area contributed by atoms with Gasteiger partial charge in [-0.1, -0.05) is 37.3 Å². The van der Waals surface area contributed by atoms with Crippen LogP contribution in [0.1, 0.15) is 26.3 Å². The number of benzene rings is 1. The lowest BCUT2D eigenvalue weighted by atomic mass is 10.1. The Bertz CT molecular complexity index is 466. The Morgan fingerprint density at radius 1 is 1.18 bits per heavy atom. The predicted molar refractivity (Wildman–Crippen MR) is 88.8 cm³/mol. The fourth-order valence-corrected chi connectivity index (χ4v) is 1.78. The van der Waals surface area contributed by atoms with Crippen LogP contribution in [0.25, 0.3) is 0 Å². The van der Waals surface area contributed by atoms with E-state index >= 15 is 0 Å². The molecule has 1 unspecified atom stereocenters. The molecule has 0 heterocycles. The van der Waals surface area contributed by atoms with E-state index < -0.39 is 6.04 Å². The van der Waals surface area contributed by atoms with E-state index in [1.807, 2.05) is 30.3 Å². The molecule has 0 bridgehead atoms. The lowest BCUT2D eigenvalue weighted by molar-refractivity contribution is -0.151. The van der Waals surface area contributed by atoms with E-state index in [4.69, 9.17) is 10.5 Å². The third-order valence-electron chi connectivity index (χ3n) is 2.97. The molecule has 3 N–H and O–H groups in total. The maximum absolute atomic E-state index is 11.9. The number of nitrogens with one attached hydrogen (secondary N) is 1. The maximum atomic E-state index is 11.9. The number of hydrogen-bond donors (Lipinski definition) is 2. The number of esters is 1. The highest BCUT2D eigenvalue weighted by Gasteiger charge is 2.19. The molecule has 1 amide bonds. The molecule has 0 saturated heterocycles. The number of ether oxygens (including phenoxy) is 1. The summed E-state index contributed by atoms with van der Waals surface area (Å²) in [5, 5.41) is 2.69. The molecular formula is C16H25ClN2O3. The zero-order chi connectivity index (χ0) is 15.8. The molecule has 0 radical (unpaired) electrons. The Balaban J connectivity index is 0.00000441. The van der Waals surface area contributed by atoms with Crippen LogP contribution in [0, 0.1) is 5.92 Å². The van der Waals surface area contributed by atoms with Crippen LogP contribution in [0.4, 0.5) is 0 Å². The highest BCUT2D eigenvalue weighted by molar-refractivity contribution is 5.85. The van der Waals surface area contributed by atoms with E-state index in [-0.39, 0.29) is 42.9 Å². The lowest BCUT2D eigenvalue weighted by Crippen LogP contribution is -2.44. The van der Waals surface area contributed by atoms with Gasteiger partial charge in [0.25, 0.3) is 0 Å². The summed E-state index contributed by atoms with van der Waals surface area (Å²) in [6, 6.07) is 8.96. The second kappa shape index (κ2) is 10.2. The number of nitrogens with two attached hydrogens (primary N) is 1. The zero-order valence-electron chi connectivity index (χ0n) is 13.2. The van der Waals surface area contributed by atoms with Crippen LogP contribution >= 0.6 is 12.4 Å². The van der Waals surface area contributed by atoms with Crippen molar-refractivity contribution in [3.05, 3.63) is 35.9 Å². The number of hydrogen-bond acceptors (Lipinski definition) is 4. The quantitative estimate of drug-likeness (QED) is 0.746. The first-order chi connectivity index (χ1) is 9.90. The van der Waals surface area contributed by atoms with E-state index in [0.29, 0.717) is 6.42 Å². The van der Waals surface area contributed by atoms with Crippen molar-refractivity contribution in [2.45, 2.75) is 39.3 Å². The van der Waals surface area contributed by atoms with Gasteiger partial charge in [0.05, 0.1) is 18.1 Å². The minimum absolute atomic E-state index is 0. The third kappa shape index (κ3) is 7.43. The monoisotopic (exact) mass is 328 g/mol. The highest BCUT2D eigenvalue weighted by Crippen LogP contribution is 2.03. The van der Waals surface area contributed by atoms with Gasteiger partial charge in [0.15, 0.2) is 0 Å². The first kappa shape index (κ1) is 20.4. The number of amides is 1. The van der Waals surface area contributed by atoms with Gasteiger partial charge in [-0.05, 0) is 25.8 Å². The Morgan fingerprint density at radius 2 is 1.77 bits per heavy atom. The van der Waals surface area contributed by atoms with Gasteiger partial charge in [-0.25, -0.2) is 0 Å². The van der Waals surface area contributed by atoms with Crippen LogP contribution in [-0.2, 0) is 20.7 Å². The molecule has 0 fully saturated rings. The summed E-state index contributed by atoms with van der Waals surface area (Å²) in [5.41, 5.74) is 6.87. The minimum Gasteiger partial charge on any atom is -0.463 e. The molecule has 0 aliphatic rings. The van der Waals surface area contributed by atoms with Gasteiger partial charge in [0.2, 0.25) is 5.91 Å². The van der Waals surface area contributed by atoms with Gasteiger partial charge in [-0.3, -0.25) is 9.59 Å². The number of rotatable bonds is 7. The topological polar surface area (TPSA) is 81.4 Å². The second-order valence-corrected chi connectivity index (χ2v) is 5.43. The fourth-order valence-electron chi connectivity index (χ4n) is 1.78. The van der Waals surface area contributed by atoms with E-state index in [1.54, 1.807) is 20.8 Å². The van der Waals surface area contributed by atoms with Gasteiger partial charge in [0, 0.05) is 6.54 Å². The Labute approximate surface area is 138 Å². The predicted octanol–water partition coefficient (Wildman–Crippen LogP) is 1.68. The van der Waals surface area contributed by atoms with Crippen molar-refractivity contribution in [1.29, 1.82) is 0 Å². The van der Waals surface area contributed by atoms with Crippen LogP contribution in [0.3, 0.4) is 0 Å². The Hall–Kier alpha value is -1.59. The van der Waals surface area contributed by atoms with Crippen molar-refractivity contribution in [1.82, 2.24) is 5.32 Å². The number of halogens is 1. The first-order valence-electron chi connectivity index (χ1n) is 7.18. The van der Waals surface area contributed by atoms with Crippen molar-refractivity contribution in [3.63, 3.8) is 0 Å². The molecule has 22 heavy (non-hydrogen) atoms. The second-order valence-electron chi connectivity index (χ2n) is 5.43. The van der Waals surface area contributed by atoms with E-state index in [1.165, 1.54) is 0 Å². The van der Waals surface area contributed by atoms with Gasteiger partial charge in [0.1, 0.15) is 0 Å². The zero-order valence-corrected chi connectivity index (χ0v) is 14.1. The molecule has 0 aromatic heterocycles. The Morgan fingerprint density at radius 3 is 2.32 bits per heavy atom. The lowest BCUT2D eigenvalue weighted by Gasteiger charge is -2.16. The molecule has 2 atom stereocenters. The van der Waals surface area contributed by atoms with Crippen molar-refractivity contribution in [3.8, 4) is 0 Å². The highest BCUT2D eigenvalue weighted by atomic mass is 35.5. The van der Waals surface area contributed by atoms with Crippen LogP contribution < -0.4 is 11.1 Å². The summed E-state index contributed by atoms with van der Waals surface area (Å²) in [6.45, 7) is 5.53.